The molecule has 0 aliphatic carbocycles. The first kappa shape index (κ1) is 22.1. The van der Waals surface area contributed by atoms with E-state index in [4.69, 9.17) is 8.83 Å². The third-order valence-electron chi connectivity index (χ3n) is 5.46. The van der Waals surface area contributed by atoms with Gasteiger partial charge in [0.25, 0.3) is 12.3 Å². The van der Waals surface area contributed by atoms with Crippen LogP contribution in [0, 0.1) is 11.6 Å². The van der Waals surface area contributed by atoms with Gasteiger partial charge in [-0.05, 0) is 26.0 Å². The van der Waals surface area contributed by atoms with Crippen molar-refractivity contribution in [2.75, 3.05) is 6.54 Å². The van der Waals surface area contributed by atoms with Crippen LogP contribution >= 0.6 is 0 Å². The number of aromatic amines is 1. The summed E-state index contributed by atoms with van der Waals surface area (Å²) in [4.78, 5) is 29.5. The second-order valence-corrected chi connectivity index (χ2v) is 8.27. The SMILES string of the molecule is CC(C)(O)c1nc(C(F)F)c(C(=O)N2CCc3[nH]cnc3[C@H]2c2nc3ccc(F)c(F)c3o2)o1. The lowest BCUT2D eigenvalue weighted by Crippen LogP contribution is -2.41. The summed E-state index contributed by atoms with van der Waals surface area (Å²) in [5, 5.41) is 10.1. The lowest BCUT2D eigenvalue weighted by molar-refractivity contribution is 0.0436. The summed E-state index contributed by atoms with van der Waals surface area (Å²) in [6.45, 7) is 2.55. The average Bonchev–Trinajstić information content (AvgIpc) is 3.52. The molecule has 178 valence electrons. The van der Waals surface area contributed by atoms with Crippen LogP contribution in [-0.2, 0) is 12.0 Å². The van der Waals surface area contributed by atoms with E-state index in [-0.39, 0.29) is 24.4 Å². The molecule has 1 aliphatic heterocycles. The number of rotatable bonds is 4. The maximum absolute atomic E-state index is 14.3. The molecule has 0 unspecified atom stereocenters. The van der Waals surface area contributed by atoms with Crippen LogP contribution in [-0.4, -0.2) is 42.4 Å². The molecule has 0 fully saturated rings. The van der Waals surface area contributed by atoms with Crippen molar-refractivity contribution in [3.8, 4) is 0 Å². The van der Waals surface area contributed by atoms with E-state index in [9.17, 15) is 27.5 Å². The van der Waals surface area contributed by atoms with Crippen molar-refractivity contribution in [2.45, 2.75) is 38.3 Å². The van der Waals surface area contributed by atoms with Crippen molar-refractivity contribution < 1.29 is 36.3 Å². The summed E-state index contributed by atoms with van der Waals surface area (Å²) < 4.78 is 66.1. The van der Waals surface area contributed by atoms with Gasteiger partial charge in [-0.3, -0.25) is 4.79 Å². The number of fused-ring (bicyclic) bond motifs is 2. The smallest absolute Gasteiger partial charge is 0.292 e. The molecule has 0 radical (unpaired) electrons. The number of carbonyl (C=O) groups excluding carboxylic acids is 1. The zero-order valence-corrected chi connectivity index (χ0v) is 17.8. The van der Waals surface area contributed by atoms with Gasteiger partial charge in [-0.15, -0.1) is 0 Å². The Morgan fingerprint density at radius 2 is 2.03 bits per heavy atom. The first-order valence-electron chi connectivity index (χ1n) is 10.2. The Hall–Kier alpha value is -3.74. The highest BCUT2D eigenvalue weighted by molar-refractivity contribution is 5.93. The number of imidazole rings is 1. The van der Waals surface area contributed by atoms with Crippen LogP contribution in [0.2, 0.25) is 0 Å². The van der Waals surface area contributed by atoms with Gasteiger partial charge >= 0.3 is 0 Å². The second kappa shape index (κ2) is 7.65. The summed E-state index contributed by atoms with van der Waals surface area (Å²) in [7, 11) is 0. The monoisotopic (exact) mass is 479 g/mol. The van der Waals surface area contributed by atoms with E-state index in [1.807, 2.05) is 0 Å². The van der Waals surface area contributed by atoms with Crippen LogP contribution in [0.15, 0.2) is 27.3 Å². The molecule has 34 heavy (non-hydrogen) atoms. The van der Waals surface area contributed by atoms with Crippen molar-refractivity contribution in [2.24, 2.45) is 0 Å². The first-order chi connectivity index (χ1) is 16.1. The number of carbonyl (C=O) groups is 1. The Morgan fingerprint density at radius 1 is 1.26 bits per heavy atom. The highest BCUT2D eigenvalue weighted by Crippen LogP contribution is 2.38. The van der Waals surface area contributed by atoms with E-state index in [0.29, 0.717) is 11.4 Å². The topological polar surface area (TPSA) is 121 Å². The van der Waals surface area contributed by atoms with Crippen molar-refractivity contribution in [1.82, 2.24) is 24.8 Å². The number of oxazole rings is 2. The average molecular weight is 479 g/mol. The van der Waals surface area contributed by atoms with Crippen molar-refractivity contribution in [1.29, 1.82) is 0 Å². The molecule has 0 saturated heterocycles. The van der Waals surface area contributed by atoms with Gasteiger partial charge in [0.1, 0.15) is 11.1 Å². The van der Waals surface area contributed by atoms with E-state index in [2.05, 4.69) is 19.9 Å². The molecule has 1 aliphatic rings. The number of nitrogens with zero attached hydrogens (tertiary/aromatic N) is 4. The first-order valence-corrected chi connectivity index (χ1v) is 10.2. The summed E-state index contributed by atoms with van der Waals surface area (Å²) >= 11 is 0. The minimum absolute atomic E-state index is 0.00112. The van der Waals surface area contributed by atoms with Crippen LogP contribution in [0.1, 0.15) is 65.7 Å². The van der Waals surface area contributed by atoms with Gasteiger partial charge in [0.05, 0.1) is 12.0 Å². The lowest BCUT2D eigenvalue weighted by atomic mass is 10.0. The van der Waals surface area contributed by atoms with E-state index in [1.54, 1.807) is 0 Å². The number of aromatic nitrogens is 4. The van der Waals surface area contributed by atoms with E-state index >= 15 is 0 Å². The Labute approximate surface area is 188 Å². The number of benzene rings is 1. The van der Waals surface area contributed by atoms with Crippen LogP contribution in [0.4, 0.5) is 17.6 Å². The molecule has 4 aromatic rings. The van der Waals surface area contributed by atoms with Crippen molar-refractivity contribution >= 4 is 17.0 Å². The van der Waals surface area contributed by atoms with Crippen molar-refractivity contribution in [3.05, 3.63) is 64.7 Å². The quantitative estimate of drug-likeness (QED) is 0.428. The number of amides is 1. The van der Waals surface area contributed by atoms with Gasteiger partial charge in [0, 0.05) is 18.7 Å². The normalized spacial score (nSPS) is 16.5. The summed E-state index contributed by atoms with van der Waals surface area (Å²) in [6.07, 6.45) is -1.50. The van der Waals surface area contributed by atoms with Crippen LogP contribution in [0.3, 0.4) is 0 Å². The molecule has 1 amide bonds. The Bertz CT molecular complexity index is 1400. The minimum Gasteiger partial charge on any atom is -0.435 e. The Morgan fingerprint density at radius 3 is 2.74 bits per heavy atom. The van der Waals surface area contributed by atoms with Crippen molar-refractivity contribution in [3.63, 3.8) is 0 Å². The van der Waals surface area contributed by atoms with Crippen LogP contribution in [0.25, 0.3) is 11.1 Å². The number of nitrogens with one attached hydrogen (secondary N) is 1. The molecule has 2 N–H and O–H groups in total. The van der Waals surface area contributed by atoms with Gasteiger partial charge in [0.15, 0.2) is 23.1 Å². The zero-order chi connectivity index (χ0) is 24.4. The summed E-state index contributed by atoms with van der Waals surface area (Å²) in [5.74, 6) is -4.79. The largest absolute Gasteiger partial charge is 0.435 e. The third-order valence-corrected chi connectivity index (χ3v) is 5.46. The molecule has 5 rings (SSSR count). The molecule has 0 saturated carbocycles. The fourth-order valence-electron chi connectivity index (χ4n) is 3.84. The number of hydrogen-bond acceptors (Lipinski definition) is 7. The van der Waals surface area contributed by atoms with Gasteiger partial charge in [-0.25, -0.2) is 28.1 Å². The van der Waals surface area contributed by atoms with Gasteiger partial charge in [-0.1, -0.05) is 0 Å². The fourth-order valence-corrected chi connectivity index (χ4v) is 3.84. The Kier molecular flexibility index (Phi) is 4.97. The molecule has 1 atom stereocenters. The number of aliphatic hydroxyl groups is 1. The van der Waals surface area contributed by atoms with Gasteiger partial charge < -0.3 is 23.8 Å². The molecule has 0 bridgehead atoms. The maximum atomic E-state index is 14.3. The molecule has 1 aromatic carbocycles. The second-order valence-electron chi connectivity index (χ2n) is 8.27. The molecular weight excluding hydrogens is 462 g/mol. The number of H-pyrrole nitrogens is 1. The predicted octanol–water partition coefficient (Wildman–Crippen LogP) is 3.77. The minimum atomic E-state index is -3.16. The van der Waals surface area contributed by atoms with Crippen LogP contribution in [0.5, 0.6) is 0 Å². The summed E-state index contributed by atoms with van der Waals surface area (Å²) in [6, 6.07) is 0.941. The number of hydrogen-bond donors (Lipinski definition) is 2. The predicted molar refractivity (Wildman–Crippen MR) is 106 cm³/mol. The fraction of sp³-hybridized carbons (Fsp3) is 0.333. The van der Waals surface area contributed by atoms with Gasteiger partial charge in [0.2, 0.25) is 23.4 Å². The highest BCUT2D eigenvalue weighted by Gasteiger charge is 2.42. The molecule has 4 heterocycles. The van der Waals surface area contributed by atoms with E-state index < -0.39 is 58.5 Å². The van der Waals surface area contributed by atoms with Crippen LogP contribution < -0.4 is 0 Å². The van der Waals surface area contributed by atoms with Gasteiger partial charge in [-0.2, -0.15) is 4.39 Å². The van der Waals surface area contributed by atoms with E-state index in [1.165, 1.54) is 26.2 Å². The zero-order valence-electron chi connectivity index (χ0n) is 17.8. The Balaban J connectivity index is 1.64. The highest BCUT2D eigenvalue weighted by atomic mass is 19.3. The standard InChI is InChI=1S/C21H17F4N5O4/c1-21(2,32)20-29-13(17(24)25)16(34-20)19(31)30-6-5-9-12(27-7-26-9)14(30)18-28-10-4-3-8(22)11(23)15(10)33-18/h3-4,7,14,17,32H,5-6H2,1-2H3,(H,26,27)/t14-/m0/s1. The summed E-state index contributed by atoms with van der Waals surface area (Å²) in [5.41, 5.74) is -2.18. The molecule has 13 heteroatoms. The lowest BCUT2D eigenvalue weighted by Gasteiger charge is -2.32. The molecule has 9 nitrogen and oxygen atoms in total. The van der Waals surface area contributed by atoms with E-state index in [0.717, 1.165) is 11.0 Å². The molecule has 0 spiro atoms. The number of alkyl halides is 2. The molecular formula is C21H17F4N5O4. The molecule has 3 aromatic heterocycles. The number of halogens is 4. The third kappa shape index (κ3) is 3.43. The maximum Gasteiger partial charge on any atom is 0.292 e.